The fourth-order valence-electron chi connectivity index (χ4n) is 2.65. The highest BCUT2D eigenvalue weighted by molar-refractivity contribution is 5.12. The quantitative estimate of drug-likeness (QED) is 0.684. The van der Waals surface area contributed by atoms with E-state index in [0.717, 1.165) is 17.9 Å². The Balaban J connectivity index is 1.87. The van der Waals surface area contributed by atoms with Crippen LogP contribution in [0.3, 0.4) is 0 Å². The normalized spacial score (nSPS) is 14.0. The number of ether oxygens (including phenoxy) is 2. The standard InChI is InChI=1S/C20H34N4O2/c1-16(24-11-9-17(22-24)19(2,3)4)14-26-15-20(5,6)18-8-10-23(21-18)12-13-25-7/h8-11,16H,12-15H2,1-7H3/t16-/m1/s1. The molecule has 0 fully saturated rings. The summed E-state index contributed by atoms with van der Waals surface area (Å²) in [6.45, 7) is 15.6. The van der Waals surface area contributed by atoms with Crippen LogP contribution in [0.5, 0.6) is 0 Å². The third-order valence-electron chi connectivity index (χ3n) is 4.51. The molecular weight excluding hydrogens is 328 g/mol. The Hall–Kier alpha value is -1.66. The van der Waals surface area contributed by atoms with Gasteiger partial charge in [-0.1, -0.05) is 34.6 Å². The minimum atomic E-state index is -0.140. The first-order chi connectivity index (χ1) is 12.1. The predicted molar refractivity (Wildman–Crippen MR) is 104 cm³/mol. The van der Waals surface area contributed by atoms with Crippen LogP contribution in [0.4, 0.5) is 0 Å². The van der Waals surface area contributed by atoms with E-state index < -0.39 is 0 Å². The Labute approximate surface area is 157 Å². The summed E-state index contributed by atoms with van der Waals surface area (Å²) in [4.78, 5) is 0. The Morgan fingerprint density at radius 3 is 2.35 bits per heavy atom. The Bertz CT molecular complexity index is 682. The SMILES string of the molecule is COCCn1ccc(C(C)(C)COC[C@@H](C)n2ccc(C(C)(C)C)n2)n1. The monoisotopic (exact) mass is 362 g/mol. The van der Waals surface area contributed by atoms with Gasteiger partial charge in [0.05, 0.1) is 43.8 Å². The number of hydrogen-bond donors (Lipinski definition) is 0. The van der Waals surface area contributed by atoms with Gasteiger partial charge in [-0.25, -0.2) is 0 Å². The molecular formula is C20H34N4O2. The molecule has 0 radical (unpaired) electrons. The van der Waals surface area contributed by atoms with Crippen LogP contribution in [-0.2, 0) is 26.8 Å². The summed E-state index contributed by atoms with van der Waals surface area (Å²) in [6.07, 6.45) is 4.04. The van der Waals surface area contributed by atoms with Crippen molar-refractivity contribution >= 4 is 0 Å². The fraction of sp³-hybridized carbons (Fsp3) is 0.700. The molecule has 2 heterocycles. The van der Waals surface area contributed by atoms with Gasteiger partial charge in [0, 0.05) is 30.3 Å². The zero-order valence-electron chi connectivity index (χ0n) is 17.3. The van der Waals surface area contributed by atoms with Crippen LogP contribution in [0.25, 0.3) is 0 Å². The van der Waals surface area contributed by atoms with Crippen LogP contribution in [-0.4, -0.2) is 46.5 Å². The molecule has 0 spiro atoms. The van der Waals surface area contributed by atoms with Crippen LogP contribution >= 0.6 is 0 Å². The molecule has 0 aliphatic rings. The Morgan fingerprint density at radius 1 is 1.04 bits per heavy atom. The number of aromatic nitrogens is 4. The largest absolute Gasteiger partial charge is 0.383 e. The molecule has 0 unspecified atom stereocenters. The molecule has 0 amide bonds. The van der Waals surface area contributed by atoms with Gasteiger partial charge in [-0.2, -0.15) is 10.2 Å². The van der Waals surface area contributed by atoms with Crippen molar-refractivity contribution in [3.05, 3.63) is 35.9 Å². The molecule has 2 aromatic heterocycles. The summed E-state index contributed by atoms with van der Waals surface area (Å²) in [6, 6.07) is 4.35. The summed E-state index contributed by atoms with van der Waals surface area (Å²) < 4.78 is 15.0. The number of hydrogen-bond acceptors (Lipinski definition) is 4. The van der Waals surface area contributed by atoms with Crippen LogP contribution in [0.2, 0.25) is 0 Å². The molecule has 2 rings (SSSR count). The van der Waals surface area contributed by atoms with E-state index in [2.05, 4.69) is 58.8 Å². The van der Waals surface area contributed by atoms with Crippen molar-refractivity contribution in [1.82, 2.24) is 19.6 Å². The average Bonchev–Trinajstić information content (AvgIpc) is 3.22. The van der Waals surface area contributed by atoms with E-state index in [-0.39, 0.29) is 16.9 Å². The molecule has 146 valence electrons. The molecule has 0 N–H and O–H groups in total. The van der Waals surface area contributed by atoms with Gasteiger partial charge in [0.2, 0.25) is 0 Å². The van der Waals surface area contributed by atoms with Gasteiger partial charge in [-0.3, -0.25) is 9.36 Å². The van der Waals surface area contributed by atoms with E-state index in [4.69, 9.17) is 14.6 Å². The maximum Gasteiger partial charge on any atom is 0.0724 e. The average molecular weight is 363 g/mol. The van der Waals surface area contributed by atoms with Crippen molar-refractivity contribution in [3.8, 4) is 0 Å². The van der Waals surface area contributed by atoms with E-state index in [1.807, 2.05) is 21.8 Å². The second-order valence-corrected chi connectivity index (χ2v) is 8.64. The van der Waals surface area contributed by atoms with Gasteiger partial charge < -0.3 is 9.47 Å². The van der Waals surface area contributed by atoms with Gasteiger partial charge in [0.25, 0.3) is 0 Å². The van der Waals surface area contributed by atoms with Crippen LogP contribution in [0.1, 0.15) is 59.0 Å². The Morgan fingerprint density at radius 2 is 1.73 bits per heavy atom. The number of methoxy groups -OCH3 is 1. The van der Waals surface area contributed by atoms with E-state index >= 15 is 0 Å². The van der Waals surface area contributed by atoms with Crippen LogP contribution in [0.15, 0.2) is 24.5 Å². The third-order valence-corrected chi connectivity index (χ3v) is 4.51. The minimum Gasteiger partial charge on any atom is -0.383 e. The van der Waals surface area contributed by atoms with Crippen LogP contribution < -0.4 is 0 Å². The summed E-state index contributed by atoms with van der Waals surface area (Å²) in [5, 5.41) is 9.34. The lowest BCUT2D eigenvalue weighted by Crippen LogP contribution is -2.27. The highest BCUT2D eigenvalue weighted by Crippen LogP contribution is 2.23. The minimum absolute atomic E-state index is 0.0649. The van der Waals surface area contributed by atoms with Crippen molar-refractivity contribution < 1.29 is 9.47 Å². The summed E-state index contributed by atoms with van der Waals surface area (Å²) in [7, 11) is 1.70. The van der Waals surface area contributed by atoms with E-state index in [9.17, 15) is 0 Å². The Kier molecular flexibility index (Phi) is 6.64. The maximum absolute atomic E-state index is 6.02. The molecule has 6 heteroatoms. The molecule has 2 aromatic rings. The summed E-state index contributed by atoms with van der Waals surface area (Å²) in [5.41, 5.74) is 2.07. The molecule has 0 saturated heterocycles. The van der Waals surface area contributed by atoms with Gasteiger partial charge in [-0.05, 0) is 19.1 Å². The van der Waals surface area contributed by atoms with Crippen molar-refractivity contribution in [3.63, 3.8) is 0 Å². The topological polar surface area (TPSA) is 54.1 Å². The first-order valence-electron chi connectivity index (χ1n) is 9.30. The molecule has 26 heavy (non-hydrogen) atoms. The highest BCUT2D eigenvalue weighted by atomic mass is 16.5. The molecule has 0 saturated carbocycles. The van der Waals surface area contributed by atoms with Crippen LogP contribution in [0, 0.1) is 0 Å². The third kappa shape index (κ3) is 5.42. The van der Waals surface area contributed by atoms with E-state index in [0.29, 0.717) is 19.8 Å². The number of nitrogens with zero attached hydrogens (tertiary/aromatic N) is 4. The zero-order chi connectivity index (χ0) is 19.4. The second kappa shape index (κ2) is 8.35. The van der Waals surface area contributed by atoms with Crippen molar-refractivity contribution in [2.24, 2.45) is 0 Å². The highest BCUT2D eigenvalue weighted by Gasteiger charge is 2.25. The van der Waals surface area contributed by atoms with E-state index in [1.165, 1.54) is 0 Å². The number of rotatable bonds is 9. The van der Waals surface area contributed by atoms with Crippen molar-refractivity contribution in [2.75, 3.05) is 26.9 Å². The van der Waals surface area contributed by atoms with Gasteiger partial charge in [0.15, 0.2) is 0 Å². The molecule has 0 aromatic carbocycles. The second-order valence-electron chi connectivity index (χ2n) is 8.64. The van der Waals surface area contributed by atoms with E-state index in [1.54, 1.807) is 7.11 Å². The van der Waals surface area contributed by atoms with Crippen molar-refractivity contribution in [1.29, 1.82) is 0 Å². The lowest BCUT2D eigenvalue weighted by atomic mass is 9.91. The molecule has 0 aliphatic carbocycles. The lowest BCUT2D eigenvalue weighted by Gasteiger charge is -2.23. The first-order valence-corrected chi connectivity index (χ1v) is 9.30. The fourth-order valence-corrected chi connectivity index (χ4v) is 2.65. The predicted octanol–water partition coefficient (Wildman–Crippen LogP) is 3.58. The lowest BCUT2D eigenvalue weighted by molar-refractivity contribution is 0.0695. The maximum atomic E-state index is 6.02. The molecule has 6 nitrogen and oxygen atoms in total. The van der Waals surface area contributed by atoms with Gasteiger partial charge in [0.1, 0.15) is 0 Å². The summed E-state index contributed by atoms with van der Waals surface area (Å²) >= 11 is 0. The molecule has 1 atom stereocenters. The first kappa shape index (κ1) is 20.6. The smallest absolute Gasteiger partial charge is 0.0724 e. The summed E-state index contributed by atoms with van der Waals surface area (Å²) in [5.74, 6) is 0. The zero-order valence-corrected chi connectivity index (χ0v) is 17.3. The molecule has 0 bridgehead atoms. The van der Waals surface area contributed by atoms with Crippen molar-refractivity contribution in [2.45, 2.75) is 65.0 Å². The van der Waals surface area contributed by atoms with Gasteiger partial charge in [-0.15, -0.1) is 0 Å². The van der Waals surface area contributed by atoms with Gasteiger partial charge >= 0.3 is 0 Å². The molecule has 0 aliphatic heterocycles.